The van der Waals surface area contributed by atoms with Crippen LogP contribution in [0.15, 0.2) is 36.4 Å². The second-order valence-electron chi connectivity index (χ2n) is 7.85. The van der Waals surface area contributed by atoms with E-state index in [1.165, 1.54) is 37.1 Å². The zero-order valence-electron chi connectivity index (χ0n) is 18.2. The Bertz CT molecular complexity index is 1060. The standard InChI is InChI=1S/C23H29ClN2O4S/c1-4-21(18-10-9-16-7-5-6-8-17(16)13-18)25-23(27)15-26(31(3,28)29)19-11-12-22(30-2)20(24)14-19/h9-14,21H,4-8,15H2,1-3H3,(H,25,27)/t21-/m1/s1. The van der Waals surface area contributed by atoms with E-state index in [-0.39, 0.29) is 23.5 Å². The van der Waals surface area contributed by atoms with E-state index in [4.69, 9.17) is 16.3 Å². The molecule has 0 aliphatic heterocycles. The van der Waals surface area contributed by atoms with Crippen molar-refractivity contribution in [1.82, 2.24) is 5.32 Å². The number of hydrogen-bond acceptors (Lipinski definition) is 4. The zero-order valence-corrected chi connectivity index (χ0v) is 19.7. The first-order valence-corrected chi connectivity index (χ1v) is 12.7. The fourth-order valence-electron chi connectivity index (χ4n) is 3.97. The third-order valence-corrected chi connectivity index (χ3v) is 7.07. The van der Waals surface area contributed by atoms with Crippen molar-refractivity contribution < 1.29 is 17.9 Å². The maximum Gasteiger partial charge on any atom is 0.241 e. The maximum absolute atomic E-state index is 12.8. The number of anilines is 1. The fraction of sp³-hybridized carbons (Fsp3) is 0.435. The third-order valence-electron chi connectivity index (χ3n) is 5.63. The Morgan fingerprint density at radius 2 is 1.87 bits per heavy atom. The van der Waals surface area contributed by atoms with Gasteiger partial charge in [-0.05, 0) is 67.0 Å². The van der Waals surface area contributed by atoms with Gasteiger partial charge >= 0.3 is 0 Å². The van der Waals surface area contributed by atoms with E-state index in [9.17, 15) is 13.2 Å². The van der Waals surface area contributed by atoms with E-state index in [2.05, 4.69) is 23.5 Å². The van der Waals surface area contributed by atoms with Crippen molar-refractivity contribution in [3.63, 3.8) is 0 Å². The van der Waals surface area contributed by atoms with Crippen molar-refractivity contribution in [1.29, 1.82) is 0 Å². The lowest BCUT2D eigenvalue weighted by molar-refractivity contribution is -0.120. The molecule has 8 heteroatoms. The minimum Gasteiger partial charge on any atom is -0.495 e. The van der Waals surface area contributed by atoms with E-state index in [0.717, 1.165) is 29.0 Å². The highest BCUT2D eigenvalue weighted by Gasteiger charge is 2.24. The highest BCUT2D eigenvalue weighted by Crippen LogP contribution is 2.30. The summed E-state index contributed by atoms with van der Waals surface area (Å²) in [4.78, 5) is 12.8. The van der Waals surface area contributed by atoms with Crippen molar-refractivity contribution in [3.8, 4) is 5.75 Å². The number of halogens is 1. The molecule has 1 atom stereocenters. The quantitative estimate of drug-likeness (QED) is 0.633. The smallest absolute Gasteiger partial charge is 0.241 e. The summed E-state index contributed by atoms with van der Waals surface area (Å²) >= 11 is 6.16. The number of nitrogens with one attached hydrogen (secondary N) is 1. The molecule has 1 aliphatic carbocycles. The van der Waals surface area contributed by atoms with Gasteiger partial charge in [0.1, 0.15) is 12.3 Å². The summed E-state index contributed by atoms with van der Waals surface area (Å²) in [6.07, 6.45) is 6.35. The average molecular weight is 465 g/mol. The summed E-state index contributed by atoms with van der Waals surface area (Å²) in [7, 11) is -2.22. The minimum atomic E-state index is -3.70. The molecule has 0 saturated carbocycles. The number of nitrogens with zero attached hydrogens (tertiary/aromatic N) is 1. The van der Waals surface area contributed by atoms with Gasteiger partial charge in [0.15, 0.2) is 0 Å². The zero-order chi connectivity index (χ0) is 22.6. The lowest BCUT2D eigenvalue weighted by atomic mass is 9.89. The van der Waals surface area contributed by atoms with E-state index in [1.54, 1.807) is 12.1 Å². The van der Waals surface area contributed by atoms with Gasteiger partial charge in [-0.15, -0.1) is 0 Å². The second kappa shape index (κ2) is 9.92. The van der Waals surface area contributed by atoms with Gasteiger partial charge < -0.3 is 10.1 Å². The number of methoxy groups -OCH3 is 1. The molecular formula is C23H29ClN2O4S. The molecule has 2 aromatic carbocycles. The number of fused-ring (bicyclic) bond motifs is 1. The van der Waals surface area contributed by atoms with Gasteiger partial charge in [-0.25, -0.2) is 8.42 Å². The summed E-state index contributed by atoms with van der Waals surface area (Å²) < 4.78 is 31.0. The van der Waals surface area contributed by atoms with Crippen LogP contribution in [0.5, 0.6) is 5.75 Å². The van der Waals surface area contributed by atoms with Crippen LogP contribution in [0.25, 0.3) is 0 Å². The molecule has 0 spiro atoms. The first kappa shape index (κ1) is 23.4. The molecule has 0 bridgehead atoms. The Hall–Kier alpha value is -2.25. The SMILES string of the molecule is CC[C@@H](NC(=O)CN(c1ccc(OC)c(Cl)c1)S(C)(=O)=O)c1ccc2c(c1)CCCC2. The topological polar surface area (TPSA) is 75.7 Å². The van der Waals surface area contributed by atoms with Gasteiger partial charge in [0.2, 0.25) is 15.9 Å². The highest BCUT2D eigenvalue weighted by atomic mass is 35.5. The first-order valence-electron chi connectivity index (χ1n) is 10.4. The Labute approximate surface area is 189 Å². The van der Waals surface area contributed by atoms with Gasteiger partial charge in [0, 0.05) is 0 Å². The van der Waals surface area contributed by atoms with Gasteiger partial charge in [0.25, 0.3) is 0 Å². The molecule has 31 heavy (non-hydrogen) atoms. The molecule has 0 heterocycles. The monoisotopic (exact) mass is 464 g/mol. The van der Waals surface area contributed by atoms with E-state index >= 15 is 0 Å². The molecule has 0 unspecified atom stereocenters. The van der Waals surface area contributed by atoms with Gasteiger partial charge in [-0.1, -0.05) is 36.7 Å². The van der Waals surface area contributed by atoms with E-state index in [0.29, 0.717) is 17.9 Å². The van der Waals surface area contributed by atoms with E-state index in [1.807, 2.05) is 6.92 Å². The lowest BCUT2D eigenvalue weighted by Gasteiger charge is -2.25. The number of hydrogen-bond donors (Lipinski definition) is 1. The molecule has 3 rings (SSSR count). The summed E-state index contributed by atoms with van der Waals surface area (Å²) in [5.74, 6) is 0.0590. The van der Waals surface area contributed by atoms with Gasteiger partial charge in [-0.2, -0.15) is 0 Å². The fourth-order valence-corrected chi connectivity index (χ4v) is 5.07. The van der Waals surface area contributed by atoms with Crippen LogP contribution >= 0.6 is 11.6 Å². The summed E-state index contributed by atoms with van der Waals surface area (Å²) in [6.45, 7) is 1.67. The van der Waals surface area contributed by atoms with Crippen molar-refractivity contribution in [2.24, 2.45) is 0 Å². The van der Waals surface area contributed by atoms with Gasteiger partial charge in [-0.3, -0.25) is 9.10 Å². The van der Waals surface area contributed by atoms with Crippen LogP contribution in [0.1, 0.15) is 48.9 Å². The molecule has 6 nitrogen and oxygen atoms in total. The average Bonchev–Trinajstić information content (AvgIpc) is 2.74. The molecule has 0 saturated heterocycles. The Kier molecular flexibility index (Phi) is 7.49. The van der Waals surface area contributed by atoms with Crippen LogP contribution in [0.2, 0.25) is 5.02 Å². The number of ether oxygens (including phenoxy) is 1. The summed E-state index contributed by atoms with van der Waals surface area (Å²) in [6, 6.07) is 10.9. The van der Waals surface area contributed by atoms with Crippen LogP contribution in [-0.2, 0) is 27.7 Å². The third kappa shape index (κ3) is 5.71. The maximum atomic E-state index is 12.8. The molecule has 1 aliphatic rings. The van der Waals surface area contributed by atoms with Crippen molar-refractivity contribution in [2.45, 2.75) is 45.1 Å². The number of carbonyl (C=O) groups excluding carboxylic acids is 1. The van der Waals surface area contributed by atoms with Crippen molar-refractivity contribution >= 4 is 33.2 Å². The molecule has 0 fully saturated rings. The Morgan fingerprint density at radius 3 is 2.48 bits per heavy atom. The van der Waals surface area contributed by atoms with Crippen LogP contribution < -0.4 is 14.4 Å². The largest absolute Gasteiger partial charge is 0.495 e. The molecule has 1 N–H and O–H groups in total. The van der Waals surface area contributed by atoms with Crippen LogP contribution in [0, 0.1) is 0 Å². The number of sulfonamides is 1. The first-order chi connectivity index (χ1) is 14.7. The molecular weight excluding hydrogens is 436 g/mol. The Balaban J connectivity index is 1.78. The number of carbonyl (C=O) groups is 1. The predicted octanol–water partition coefficient (Wildman–Crippen LogP) is 4.26. The summed E-state index contributed by atoms with van der Waals surface area (Å²) in [5.41, 5.74) is 4.10. The normalized spacial score (nSPS) is 14.5. The predicted molar refractivity (Wildman–Crippen MR) is 124 cm³/mol. The van der Waals surface area contributed by atoms with Crippen LogP contribution in [-0.4, -0.2) is 34.2 Å². The lowest BCUT2D eigenvalue weighted by Crippen LogP contribution is -2.41. The summed E-state index contributed by atoms with van der Waals surface area (Å²) in [5, 5.41) is 3.27. The number of rotatable bonds is 8. The molecule has 1 amide bonds. The molecule has 168 valence electrons. The minimum absolute atomic E-state index is 0.180. The Morgan fingerprint density at radius 1 is 1.16 bits per heavy atom. The molecule has 0 aromatic heterocycles. The molecule has 2 aromatic rings. The van der Waals surface area contributed by atoms with E-state index < -0.39 is 10.0 Å². The van der Waals surface area contributed by atoms with Crippen molar-refractivity contribution in [3.05, 3.63) is 58.1 Å². The second-order valence-corrected chi connectivity index (χ2v) is 10.2. The number of aryl methyl sites for hydroxylation is 2. The van der Waals surface area contributed by atoms with Crippen molar-refractivity contribution in [2.75, 3.05) is 24.2 Å². The number of benzene rings is 2. The number of amides is 1. The van der Waals surface area contributed by atoms with Crippen LogP contribution in [0.4, 0.5) is 5.69 Å². The van der Waals surface area contributed by atoms with Crippen LogP contribution in [0.3, 0.4) is 0 Å². The molecule has 0 radical (unpaired) electrons. The van der Waals surface area contributed by atoms with Gasteiger partial charge in [0.05, 0.1) is 30.1 Å². The highest BCUT2D eigenvalue weighted by molar-refractivity contribution is 7.92.